The molecule has 13 heavy (non-hydrogen) atoms. The Hall–Kier alpha value is -0.610. The van der Waals surface area contributed by atoms with Gasteiger partial charge in [-0.2, -0.15) is 0 Å². The lowest BCUT2D eigenvalue weighted by Crippen LogP contribution is -2.21. The van der Waals surface area contributed by atoms with Gasteiger partial charge in [0, 0.05) is 6.42 Å². The highest BCUT2D eigenvalue weighted by Gasteiger charge is 2.13. The first-order valence-corrected chi connectivity index (χ1v) is 4.47. The molecule has 78 valence electrons. The number of rotatable bonds is 6. The summed E-state index contributed by atoms with van der Waals surface area (Å²) in [7, 11) is 1.36. The fraction of sp³-hybridized carbons (Fsp3) is 0.889. The Balaban J connectivity index is 3.47. The molecule has 0 amide bonds. The second-order valence-corrected chi connectivity index (χ2v) is 3.20. The molecule has 0 saturated heterocycles. The zero-order valence-corrected chi connectivity index (χ0v) is 8.19. The number of hydrogen-bond donors (Lipinski definition) is 2. The molecular weight excluding hydrogens is 172 g/mol. The van der Waals surface area contributed by atoms with E-state index < -0.39 is 6.10 Å². The van der Waals surface area contributed by atoms with Crippen LogP contribution in [0.4, 0.5) is 0 Å². The summed E-state index contributed by atoms with van der Waals surface area (Å²) in [5, 5.41) is 17.8. The average Bonchev–Trinajstić information content (AvgIpc) is 2.15. The van der Waals surface area contributed by atoms with Crippen LogP contribution in [0.3, 0.4) is 0 Å². The van der Waals surface area contributed by atoms with Gasteiger partial charge in [0.15, 0.2) is 0 Å². The Morgan fingerprint density at radius 2 is 2.15 bits per heavy atom. The molecule has 2 atom stereocenters. The van der Waals surface area contributed by atoms with Crippen LogP contribution >= 0.6 is 0 Å². The molecule has 0 aromatic heterocycles. The normalized spacial score (nSPS) is 15.1. The SMILES string of the molecule is COC(=O)CCC[C@@H](C)[C@@H](O)CO. The minimum Gasteiger partial charge on any atom is -0.469 e. The van der Waals surface area contributed by atoms with Crippen molar-refractivity contribution in [1.82, 2.24) is 0 Å². The smallest absolute Gasteiger partial charge is 0.305 e. The van der Waals surface area contributed by atoms with Crippen LogP contribution in [0.2, 0.25) is 0 Å². The summed E-state index contributed by atoms with van der Waals surface area (Å²) < 4.78 is 4.47. The number of aliphatic hydroxyl groups is 2. The van der Waals surface area contributed by atoms with E-state index in [9.17, 15) is 9.90 Å². The lowest BCUT2D eigenvalue weighted by atomic mass is 9.98. The lowest BCUT2D eigenvalue weighted by molar-refractivity contribution is -0.140. The predicted molar refractivity (Wildman–Crippen MR) is 48.1 cm³/mol. The van der Waals surface area contributed by atoms with Crippen molar-refractivity contribution in [2.24, 2.45) is 5.92 Å². The maximum absolute atomic E-state index is 10.7. The maximum atomic E-state index is 10.7. The molecule has 0 unspecified atom stereocenters. The number of aliphatic hydroxyl groups excluding tert-OH is 2. The van der Waals surface area contributed by atoms with E-state index in [4.69, 9.17) is 5.11 Å². The Morgan fingerprint density at radius 1 is 1.54 bits per heavy atom. The molecule has 0 bridgehead atoms. The molecule has 0 rings (SSSR count). The Bertz CT molecular complexity index is 147. The second kappa shape index (κ2) is 6.86. The summed E-state index contributed by atoms with van der Waals surface area (Å²) in [6.45, 7) is 1.62. The van der Waals surface area contributed by atoms with Gasteiger partial charge >= 0.3 is 5.97 Å². The van der Waals surface area contributed by atoms with E-state index in [1.807, 2.05) is 6.92 Å². The van der Waals surface area contributed by atoms with E-state index in [2.05, 4.69) is 4.74 Å². The van der Waals surface area contributed by atoms with Crippen molar-refractivity contribution in [2.75, 3.05) is 13.7 Å². The summed E-state index contributed by atoms with van der Waals surface area (Å²) in [5.41, 5.74) is 0. The minimum absolute atomic E-state index is 0.0228. The summed E-state index contributed by atoms with van der Waals surface area (Å²) in [5.74, 6) is -0.208. The van der Waals surface area contributed by atoms with Gasteiger partial charge in [-0.25, -0.2) is 0 Å². The molecule has 0 aromatic carbocycles. The van der Waals surface area contributed by atoms with E-state index >= 15 is 0 Å². The van der Waals surface area contributed by atoms with Crippen molar-refractivity contribution in [1.29, 1.82) is 0 Å². The van der Waals surface area contributed by atoms with Gasteiger partial charge in [0.2, 0.25) is 0 Å². The largest absolute Gasteiger partial charge is 0.469 e. The highest BCUT2D eigenvalue weighted by molar-refractivity contribution is 5.68. The summed E-state index contributed by atoms with van der Waals surface area (Å²) in [6.07, 6.45) is 1.10. The molecule has 0 aliphatic carbocycles. The number of methoxy groups -OCH3 is 1. The first-order valence-electron chi connectivity index (χ1n) is 4.47. The van der Waals surface area contributed by atoms with Crippen molar-refractivity contribution in [3.8, 4) is 0 Å². The van der Waals surface area contributed by atoms with E-state index in [1.54, 1.807) is 0 Å². The standard InChI is InChI=1S/C9H18O4/c1-7(8(11)6-10)4-3-5-9(12)13-2/h7-8,10-11H,3-6H2,1-2H3/t7-,8+/m1/s1. The Labute approximate surface area is 78.5 Å². The highest BCUT2D eigenvalue weighted by atomic mass is 16.5. The number of carbonyl (C=O) groups is 1. The van der Waals surface area contributed by atoms with E-state index in [1.165, 1.54) is 7.11 Å². The fourth-order valence-corrected chi connectivity index (χ4v) is 1.04. The van der Waals surface area contributed by atoms with Gasteiger partial charge in [-0.05, 0) is 18.8 Å². The molecule has 0 aliphatic heterocycles. The van der Waals surface area contributed by atoms with Crippen LogP contribution in [0.5, 0.6) is 0 Å². The number of ether oxygens (including phenoxy) is 1. The van der Waals surface area contributed by atoms with Crippen LogP contribution in [0, 0.1) is 5.92 Å². The van der Waals surface area contributed by atoms with Crippen molar-refractivity contribution in [2.45, 2.75) is 32.3 Å². The third-order valence-electron chi connectivity index (χ3n) is 2.11. The third-order valence-corrected chi connectivity index (χ3v) is 2.11. The molecule has 0 aromatic rings. The van der Waals surface area contributed by atoms with E-state index in [-0.39, 0.29) is 18.5 Å². The van der Waals surface area contributed by atoms with Crippen LogP contribution in [0.15, 0.2) is 0 Å². The van der Waals surface area contributed by atoms with E-state index in [0.29, 0.717) is 12.8 Å². The average molecular weight is 190 g/mol. The van der Waals surface area contributed by atoms with Crippen molar-refractivity contribution < 1.29 is 19.7 Å². The molecule has 0 heterocycles. The van der Waals surface area contributed by atoms with Crippen molar-refractivity contribution in [3.05, 3.63) is 0 Å². The molecular formula is C9H18O4. The minimum atomic E-state index is -0.683. The molecule has 0 aliphatic rings. The second-order valence-electron chi connectivity index (χ2n) is 3.20. The van der Waals surface area contributed by atoms with Gasteiger partial charge in [-0.3, -0.25) is 4.79 Å². The molecule has 0 spiro atoms. The zero-order valence-electron chi connectivity index (χ0n) is 8.19. The third kappa shape index (κ3) is 5.60. The molecule has 0 fully saturated rings. The van der Waals surface area contributed by atoms with Crippen LogP contribution in [-0.2, 0) is 9.53 Å². The zero-order chi connectivity index (χ0) is 10.3. The van der Waals surface area contributed by atoms with Crippen molar-refractivity contribution in [3.63, 3.8) is 0 Å². The number of hydrogen-bond acceptors (Lipinski definition) is 4. The predicted octanol–water partition coefficient (Wildman–Crippen LogP) is 0.319. The molecule has 4 heteroatoms. The van der Waals surface area contributed by atoms with Crippen LogP contribution in [0.1, 0.15) is 26.2 Å². The van der Waals surface area contributed by atoms with Gasteiger partial charge < -0.3 is 14.9 Å². The van der Waals surface area contributed by atoms with Crippen LogP contribution in [0.25, 0.3) is 0 Å². The van der Waals surface area contributed by atoms with Gasteiger partial charge in [-0.15, -0.1) is 0 Å². The maximum Gasteiger partial charge on any atom is 0.305 e. The Morgan fingerprint density at radius 3 is 2.62 bits per heavy atom. The monoisotopic (exact) mass is 190 g/mol. The molecule has 2 N–H and O–H groups in total. The van der Waals surface area contributed by atoms with Gasteiger partial charge in [0.1, 0.15) is 0 Å². The van der Waals surface area contributed by atoms with Crippen LogP contribution in [-0.4, -0.2) is 36.0 Å². The fourth-order valence-electron chi connectivity index (χ4n) is 1.04. The molecule has 4 nitrogen and oxygen atoms in total. The first-order chi connectivity index (χ1) is 6.11. The topological polar surface area (TPSA) is 66.8 Å². The summed E-state index contributed by atoms with van der Waals surface area (Å²) in [4.78, 5) is 10.7. The Kier molecular flexibility index (Phi) is 6.54. The number of esters is 1. The van der Waals surface area contributed by atoms with Crippen LogP contribution < -0.4 is 0 Å². The van der Waals surface area contributed by atoms with Gasteiger partial charge in [0.25, 0.3) is 0 Å². The summed E-state index contributed by atoms with van der Waals surface area (Å²) in [6, 6.07) is 0. The number of carbonyl (C=O) groups excluding carboxylic acids is 1. The first kappa shape index (κ1) is 12.4. The van der Waals surface area contributed by atoms with E-state index in [0.717, 1.165) is 6.42 Å². The quantitative estimate of drug-likeness (QED) is 0.592. The lowest BCUT2D eigenvalue weighted by Gasteiger charge is -2.15. The van der Waals surface area contributed by atoms with Gasteiger partial charge in [-0.1, -0.05) is 6.92 Å². The van der Waals surface area contributed by atoms with Crippen molar-refractivity contribution >= 4 is 5.97 Å². The molecule has 0 saturated carbocycles. The summed E-state index contributed by atoms with van der Waals surface area (Å²) >= 11 is 0. The van der Waals surface area contributed by atoms with Gasteiger partial charge in [0.05, 0.1) is 19.8 Å². The highest BCUT2D eigenvalue weighted by Crippen LogP contribution is 2.12. The molecule has 0 radical (unpaired) electrons.